The van der Waals surface area contributed by atoms with Gasteiger partial charge >= 0.3 is 0 Å². The topological polar surface area (TPSA) is 26.0 Å². The number of hydrogen-bond acceptors (Lipinski definition) is 1. The highest BCUT2D eigenvalue weighted by Gasteiger charge is 1.92. The highest BCUT2D eigenvalue weighted by atomic mass is 28.2. The Balaban J connectivity index is 2.64. The SMILES string of the molecule is CC(C)=C[Si]c1ccc(CN)cc1. The monoisotopic (exact) mass is 189 g/mol. The summed E-state index contributed by atoms with van der Waals surface area (Å²) in [5.41, 5.74) is 10.3. The summed E-state index contributed by atoms with van der Waals surface area (Å²) in [7, 11) is 0.780. The minimum Gasteiger partial charge on any atom is -0.326 e. The highest BCUT2D eigenvalue weighted by molar-refractivity contribution is 6.58. The Morgan fingerprint density at radius 3 is 2.38 bits per heavy atom. The third-order valence-electron chi connectivity index (χ3n) is 1.72. The van der Waals surface area contributed by atoms with Crippen LogP contribution in [0.4, 0.5) is 0 Å². The molecule has 2 N–H and O–H groups in total. The van der Waals surface area contributed by atoms with Crippen LogP contribution < -0.4 is 10.9 Å². The molecule has 0 heterocycles. The summed E-state index contributed by atoms with van der Waals surface area (Å²) in [6.45, 7) is 4.88. The third-order valence-corrected chi connectivity index (χ3v) is 3.11. The van der Waals surface area contributed by atoms with Crippen molar-refractivity contribution in [2.45, 2.75) is 20.4 Å². The van der Waals surface area contributed by atoms with E-state index in [0.29, 0.717) is 6.54 Å². The molecule has 0 saturated heterocycles. The van der Waals surface area contributed by atoms with Gasteiger partial charge < -0.3 is 5.73 Å². The Hall–Kier alpha value is -0.863. The lowest BCUT2D eigenvalue weighted by atomic mass is 10.2. The van der Waals surface area contributed by atoms with E-state index < -0.39 is 0 Å². The van der Waals surface area contributed by atoms with E-state index in [1.807, 2.05) is 0 Å². The lowest BCUT2D eigenvalue weighted by Gasteiger charge is -1.98. The zero-order valence-corrected chi connectivity index (χ0v) is 9.17. The number of nitrogens with two attached hydrogens (primary N) is 1. The van der Waals surface area contributed by atoms with Crippen LogP contribution in [-0.2, 0) is 6.54 Å². The Morgan fingerprint density at radius 2 is 1.92 bits per heavy atom. The van der Waals surface area contributed by atoms with Crippen LogP contribution in [0.25, 0.3) is 0 Å². The lowest BCUT2D eigenvalue weighted by molar-refractivity contribution is 1.07. The normalized spacial score (nSPS) is 9.77. The van der Waals surface area contributed by atoms with E-state index in [0.717, 1.165) is 9.52 Å². The molecule has 2 radical (unpaired) electrons. The average molecular weight is 189 g/mol. The van der Waals surface area contributed by atoms with Gasteiger partial charge in [0.25, 0.3) is 0 Å². The van der Waals surface area contributed by atoms with Gasteiger partial charge in [0.15, 0.2) is 0 Å². The summed E-state index contributed by atoms with van der Waals surface area (Å²) < 4.78 is 0. The second-order valence-electron chi connectivity index (χ2n) is 3.27. The number of benzene rings is 1. The van der Waals surface area contributed by atoms with E-state index >= 15 is 0 Å². The van der Waals surface area contributed by atoms with E-state index in [9.17, 15) is 0 Å². The van der Waals surface area contributed by atoms with Crippen molar-refractivity contribution in [2.24, 2.45) is 5.73 Å². The van der Waals surface area contributed by atoms with Gasteiger partial charge in [-0.15, -0.1) is 0 Å². The quantitative estimate of drug-likeness (QED) is 0.715. The van der Waals surface area contributed by atoms with Crippen molar-refractivity contribution in [2.75, 3.05) is 0 Å². The molecular weight excluding hydrogens is 174 g/mol. The molecule has 0 spiro atoms. The smallest absolute Gasteiger partial charge is 0.111 e. The summed E-state index contributed by atoms with van der Waals surface area (Å²) in [6.07, 6.45) is 0. The molecule has 13 heavy (non-hydrogen) atoms. The second-order valence-corrected chi connectivity index (χ2v) is 4.42. The first-order valence-electron chi connectivity index (χ1n) is 4.41. The van der Waals surface area contributed by atoms with Gasteiger partial charge in [-0.25, -0.2) is 0 Å². The first-order chi connectivity index (χ1) is 6.22. The molecule has 0 bridgehead atoms. The van der Waals surface area contributed by atoms with Crippen LogP contribution in [0.15, 0.2) is 35.5 Å². The molecule has 1 aromatic rings. The maximum absolute atomic E-state index is 5.51. The molecule has 1 nitrogen and oxygen atoms in total. The van der Waals surface area contributed by atoms with Gasteiger partial charge in [0.2, 0.25) is 0 Å². The predicted octanol–water partition coefficient (Wildman–Crippen LogP) is 1.40. The first-order valence-corrected chi connectivity index (χ1v) is 5.49. The van der Waals surface area contributed by atoms with Gasteiger partial charge in [-0.2, -0.15) is 0 Å². The zero-order valence-electron chi connectivity index (χ0n) is 8.17. The molecule has 0 amide bonds. The van der Waals surface area contributed by atoms with Crippen LogP contribution in [0, 0.1) is 0 Å². The van der Waals surface area contributed by atoms with E-state index in [-0.39, 0.29) is 0 Å². The van der Waals surface area contributed by atoms with Gasteiger partial charge in [0.05, 0.1) is 0 Å². The fourth-order valence-corrected chi connectivity index (χ4v) is 1.78. The number of rotatable bonds is 3. The average Bonchev–Trinajstić information content (AvgIpc) is 2.15. The van der Waals surface area contributed by atoms with Crippen molar-refractivity contribution in [3.05, 3.63) is 41.1 Å². The van der Waals surface area contributed by atoms with Gasteiger partial charge in [-0.3, -0.25) is 0 Å². The Labute approximate surface area is 82.5 Å². The molecule has 0 aliphatic carbocycles. The maximum Gasteiger partial charge on any atom is 0.111 e. The van der Waals surface area contributed by atoms with Gasteiger partial charge in [-0.1, -0.05) is 40.7 Å². The largest absolute Gasteiger partial charge is 0.326 e. The molecule has 0 aromatic heterocycles. The molecule has 68 valence electrons. The van der Waals surface area contributed by atoms with Crippen LogP contribution in [0.1, 0.15) is 19.4 Å². The van der Waals surface area contributed by atoms with Gasteiger partial charge in [-0.05, 0) is 19.4 Å². The third kappa shape index (κ3) is 3.57. The molecule has 1 rings (SSSR count). The molecule has 0 atom stereocenters. The van der Waals surface area contributed by atoms with Crippen LogP contribution in [0.3, 0.4) is 0 Å². The van der Waals surface area contributed by atoms with Crippen LogP contribution in [0.5, 0.6) is 0 Å². The van der Waals surface area contributed by atoms with Gasteiger partial charge in [0, 0.05) is 6.54 Å². The Morgan fingerprint density at radius 1 is 1.31 bits per heavy atom. The molecule has 0 unspecified atom stereocenters. The minimum absolute atomic E-state index is 0.631. The fourth-order valence-electron chi connectivity index (χ4n) is 0.965. The van der Waals surface area contributed by atoms with Crippen LogP contribution in [0.2, 0.25) is 0 Å². The number of allylic oxidation sites excluding steroid dienone is 1. The van der Waals surface area contributed by atoms with E-state index in [1.54, 1.807) is 0 Å². The summed E-state index contributed by atoms with van der Waals surface area (Å²) in [5, 5.41) is 1.37. The molecule has 0 aliphatic heterocycles. The van der Waals surface area contributed by atoms with Crippen LogP contribution in [-0.4, -0.2) is 9.52 Å². The zero-order chi connectivity index (χ0) is 9.68. The predicted molar refractivity (Wildman–Crippen MR) is 59.2 cm³/mol. The highest BCUT2D eigenvalue weighted by Crippen LogP contribution is 1.94. The van der Waals surface area contributed by atoms with Crippen molar-refractivity contribution < 1.29 is 0 Å². The van der Waals surface area contributed by atoms with Gasteiger partial charge in [0.1, 0.15) is 9.52 Å². The summed E-state index contributed by atoms with van der Waals surface area (Å²) >= 11 is 0. The molecule has 1 aromatic carbocycles. The Kier molecular flexibility index (Phi) is 3.93. The first kappa shape index (κ1) is 10.2. The lowest BCUT2D eigenvalue weighted by Crippen LogP contribution is -2.12. The summed E-state index contributed by atoms with van der Waals surface area (Å²) in [5.74, 6) is 0. The van der Waals surface area contributed by atoms with E-state index in [2.05, 4.69) is 43.8 Å². The van der Waals surface area contributed by atoms with Crippen molar-refractivity contribution in [1.29, 1.82) is 0 Å². The van der Waals surface area contributed by atoms with Crippen molar-refractivity contribution in [1.82, 2.24) is 0 Å². The molecule has 0 aliphatic rings. The van der Waals surface area contributed by atoms with Crippen molar-refractivity contribution in [3.63, 3.8) is 0 Å². The maximum atomic E-state index is 5.51. The molecule has 2 heteroatoms. The molecule has 0 saturated carbocycles. The summed E-state index contributed by atoms with van der Waals surface area (Å²) in [4.78, 5) is 0. The van der Waals surface area contributed by atoms with Crippen LogP contribution >= 0.6 is 0 Å². The van der Waals surface area contributed by atoms with Crippen molar-refractivity contribution in [3.8, 4) is 0 Å². The fraction of sp³-hybridized carbons (Fsp3) is 0.273. The van der Waals surface area contributed by atoms with E-state index in [1.165, 1.54) is 16.3 Å². The molecule has 0 fully saturated rings. The standard InChI is InChI=1S/C11H15NSi/c1-9(2)8-13-11-5-3-10(7-12)4-6-11/h3-6,8H,7,12H2,1-2H3. The van der Waals surface area contributed by atoms with E-state index in [4.69, 9.17) is 5.73 Å². The minimum atomic E-state index is 0.631. The summed E-state index contributed by atoms with van der Waals surface area (Å²) in [6, 6.07) is 8.50. The Bertz CT molecular complexity index is 283. The second kappa shape index (κ2) is 4.99. The number of hydrogen-bond donors (Lipinski definition) is 1. The molecular formula is C11H15NSi. The van der Waals surface area contributed by atoms with Crippen molar-refractivity contribution >= 4 is 14.7 Å².